The highest BCUT2D eigenvalue weighted by Gasteiger charge is 2.07. The summed E-state index contributed by atoms with van der Waals surface area (Å²) in [6, 6.07) is 5.73. The van der Waals surface area contributed by atoms with E-state index in [4.69, 9.17) is 14.6 Å². The van der Waals surface area contributed by atoms with Crippen molar-refractivity contribution in [3.05, 3.63) is 23.8 Å². The average Bonchev–Trinajstić information content (AvgIpc) is 2.57. The van der Waals surface area contributed by atoms with Gasteiger partial charge in [0.1, 0.15) is 0 Å². The molecule has 0 unspecified atom stereocenters. The molecule has 0 spiro atoms. The summed E-state index contributed by atoms with van der Waals surface area (Å²) in [4.78, 5) is 21.9. The lowest BCUT2D eigenvalue weighted by Crippen LogP contribution is -2.26. The van der Waals surface area contributed by atoms with Crippen LogP contribution >= 0.6 is 0 Å². The second-order valence-electron chi connectivity index (χ2n) is 5.53. The number of aliphatic carboxylic acids is 1. The molecule has 1 aromatic carbocycles. The molecule has 0 aliphatic carbocycles. The predicted molar refractivity (Wildman–Crippen MR) is 91.6 cm³/mol. The van der Waals surface area contributed by atoms with Gasteiger partial charge in [0.25, 0.3) is 0 Å². The van der Waals surface area contributed by atoms with Crippen LogP contribution in [0.5, 0.6) is 11.5 Å². The minimum atomic E-state index is -0.968. The molecule has 0 aliphatic rings. The van der Waals surface area contributed by atoms with Gasteiger partial charge in [-0.25, -0.2) is 0 Å². The van der Waals surface area contributed by atoms with Gasteiger partial charge < -0.3 is 19.9 Å². The predicted octanol–water partition coefficient (Wildman–Crippen LogP) is 2.79. The smallest absolute Gasteiger partial charge is 0.303 e. The van der Waals surface area contributed by atoms with Crippen molar-refractivity contribution in [1.82, 2.24) is 5.32 Å². The highest BCUT2D eigenvalue weighted by Crippen LogP contribution is 2.28. The van der Waals surface area contributed by atoms with Crippen LogP contribution in [-0.2, 0) is 16.0 Å². The van der Waals surface area contributed by atoms with Crippen LogP contribution in [0.15, 0.2) is 18.2 Å². The zero-order chi connectivity index (χ0) is 17.8. The van der Waals surface area contributed by atoms with Crippen molar-refractivity contribution >= 4 is 11.9 Å². The van der Waals surface area contributed by atoms with Gasteiger partial charge in [0.05, 0.1) is 20.1 Å². The minimum absolute atomic E-state index is 0.00317. The summed E-state index contributed by atoms with van der Waals surface area (Å²) < 4.78 is 11.1. The minimum Gasteiger partial charge on any atom is -0.493 e. The number of hydrogen-bond donors (Lipinski definition) is 2. The van der Waals surface area contributed by atoms with Crippen molar-refractivity contribution in [2.45, 2.75) is 45.4 Å². The average molecular weight is 337 g/mol. The van der Waals surface area contributed by atoms with Crippen molar-refractivity contribution in [3.8, 4) is 11.5 Å². The Morgan fingerprint density at radius 3 is 2.62 bits per heavy atom. The van der Waals surface area contributed by atoms with Gasteiger partial charge in [0.2, 0.25) is 5.91 Å². The Kier molecular flexibility index (Phi) is 9.34. The molecular weight excluding hydrogens is 310 g/mol. The van der Waals surface area contributed by atoms with E-state index >= 15 is 0 Å². The number of hydrogen-bond acceptors (Lipinski definition) is 4. The van der Waals surface area contributed by atoms with Gasteiger partial charge >= 0.3 is 5.97 Å². The molecule has 0 saturated carbocycles. The Hall–Kier alpha value is -2.24. The van der Waals surface area contributed by atoms with Crippen LogP contribution in [-0.4, -0.2) is 37.2 Å². The van der Waals surface area contributed by atoms with Gasteiger partial charge in [-0.2, -0.15) is 0 Å². The maximum atomic E-state index is 11.5. The van der Waals surface area contributed by atoms with Crippen molar-refractivity contribution in [3.63, 3.8) is 0 Å². The van der Waals surface area contributed by atoms with Crippen molar-refractivity contribution in [1.29, 1.82) is 0 Å². The zero-order valence-corrected chi connectivity index (χ0v) is 14.5. The molecule has 0 atom stereocenters. The van der Waals surface area contributed by atoms with Crippen molar-refractivity contribution in [2.75, 3.05) is 20.3 Å². The summed E-state index contributed by atoms with van der Waals surface area (Å²) in [5.41, 5.74) is 1.02. The van der Waals surface area contributed by atoms with Gasteiger partial charge in [0, 0.05) is 13.0 Å². The normalized spacial score (nSPS) is 10.2. The molecule has 1 rings (SSSR count). The fourth-order valence-electron chi connectivity index (χ4n) is 2.18. The van der Waals surface area contributed by atoms with E-state index in [1.54, 1.807) is 7.11 Å². The number of ether oxygens (including phenoxy) is 2. The highest BCUT2D eigenvalue weighted by molar-refractivity contribution is 5.80. The molecule has 134 valence electrons. The third-order valence-electron chi connectivity index (χ3n) is 3.54. The summed E-state index contributed by atoms with van der Waals surface area (Å²) in [5.74, 6) is 0.189. The monoisotopic (exact) mass is 337 g/mol. The molecule has 0 aliphatic heterocycles. The maximum Gasteiger partial charge on any atom is 0.303 e. The van der Waals surface area contributed by atoms with Crippen molar-refractivity contribution < 1.29 is 24.2 Å². The van der Waals surface area contributed by atoms with E-state index in [2.05, 4.69) is 12.2 Å². The number of unbranched alkanes of at least 4 members (excludes halogenated alkanes) is 2. The van der Waals surface area contributed by atoms with Gasteiger partial charge in [0.15, 0.2) is 11.5 Å². The summed E-state index contributed by atoms with van der Waals surface area (Å²) >= 11 is 0. The summed E-state index contributed by atoms with van der Waals surface area (Å²) in [6.07, 6.45) is 3.81. The standard InChI is InChI=1S/C18H27NO5/c1-3-4-5-12-24-15-7-6-14(13-16(15)23-2)10-11-19-17(20)8-9-18(21)22/h6-7,13H,3-5,8-12H2,1-2H3,(H,19,20)(H,21,22). The Bertz CT molecular complexity index is 530. The summed E-state index contributed by atoms with van der Waals surface area (Å²) in [5, 5.41) is 11.2. The molecule has 2 N–H and O–H groups in total. The number of carboxylic acids is 1. The van der Waals surface area contributed by atoms with Crippen LogP contribution in [0.1, 0.15) is 44.6 Å². The second-order valence-corrected chi connectivity index (χ2v) is 5.53. The number of benzene rings is 1. The number of carboxylic acid groups (broad SMARTS) is 1. The van der Waals surface area contributed by atoms with E-state index in [1.165, 1.54) is 0 Å². The third kappa shape index (κ3) is 7.85. The van der Waals surface area contributed by atoms with Crippen LogP contribution in [0, 0.1) is 0 Å². The first-order valence-electron chi connectivity index (χ1n) is 8.35. The fourth-order valence-corrected chi connectivity index (χ4v) is 2.18. The number of amides is 1. The number of methoxy groups -OCH3 is 1. The number of nitrogens with one attached hydrogen (secondary N) is 1. The highest BCUT2D eigenvalue weighted by atomic mass is 16.5. The first kappa shape index (κ1) is 19.8. The van der Waals surface area contributed by atoms with E-state index in [-0.39, 0.29) is 18.7 Å². The third-order valence-corrected chi connectivity index (χ3v) is 3.54. The number of rotatable bonds is 12. The van der Waals surface area contributed by atoms with E-state index in [0.29, 0.717) is 25.3 Å². The Morgan fingerprint density at radius 2 is 1.96 bits per heavy atom. The lowest BCUT2D eigenvalue weighted by atomic mass is 10.1. The van der Waals surface area contributed by atoms with E-state index < -0.39 is 5.97 Å². The molecule has 6 nitrogen and oxygen atoms in total. The summed E-state index contributed by atoms with van der Waals surface area (Å²) in [6.45, 7) is 3.28. The molecule has 6 heteroatoms. The molecule has 1 aromatic rings. The Balaban J connectivity index is 2.43. The SMILES string of the molecule is CCCCCOc1ccc(CCNC(=O)CCC(=O)O)cc1OC. The molecule has 0 heterocycles. The molecule has 24 heavy (non-hydrogen) atoms. The lowest BCUT2D eigenvalue weighted by Gasteiger charge is -2.12. The molecule has 0 radical (unpaired) electrons. The van der Waals surface area contributed by atoms with Gasteiger partial charge in [-0.05, 0) is 30.5 Å². The van der Waals surface area contributed by atoms with E-state index in [0.717, 1.165) is 30.6 Å². The van der Waals surface area contributed by atoms with Gasteiger partial charge in [-0.3, -0.25) is 9.59 Å². The molecular formula is C18H27NO5. The molecule has 0 bridgehead atoms. The van der Waals surface area contributed by atoms with E-state index in [1.807, 2.05) is 18.2 Å². The number of carbonyl (C=O) groups is 2. The first-order valence-corrected chi connectivity index (χ1v) is 8.35. The van der Waals surface area contributed by atoms with E-state index in [9.17, 15) is 9.59 Å². The fraction of sp³-hybridized carbons (Fsp3) is 0.556. The largest absolute Gasteiger partial charge is 0.493 e. The quantitative estimate of drug-likeness (QED) is 0.573. The first-order chi connectivity index (χ1) is 11.6. The molecule has 0 fully saturated rings. The molecule has 0 saturated heterocycles. The summed E-state index contributed by atoms with van der Waals surface area (Å²) in [7, 11) is 1.60. The topological polar surface area (TPSA) is 84.9 Å². The van der Waals surface area contributed by atoms with Crippen LogP contribution in [0.25, 0.3) is 0 Å². The molecule has 1 amide bonds. The van der Waals surface area contributed by atoms with Crippen LogP contribution < -0.4 is 14.8 Å². The molecule has 0 aromatic heterocycles. The zero-order valence-electron chi connectivity index (χ0n) is 14.5. The number of carbonyl (C=O) groups excluding carboxylic acids is 1. The Morgan fingerprint density at radius 1 is 1.17 bits per heavy atom. The van der Waals surface area contributed by atoms with Crippen molar-refractivity contribution in [2.24, 2.45) is 0 Å². The van der Waals surface area contributed by atoms with Crippen LogP contribution in [0.2, 0.25) is 0 Å². The maximum absolute atomic E-state index is 11.5. The second kappa shape index (κ2) is 11.3. The van der Waals surface area contributed by atoms with Crippen LogP contribution in [0.4, 0.5) is 0 Å². The lowest BCUT2D eigenvalue weighted by molar-refractivity contribution is -0.138. The Labute approximate surface area is 143 Å². The van der Waals surface area contributed by atoms with Gasteiger partial charge in [-0.15, -0.1) is 0 Å². The van der Waals surface area contributed by atoms with Gasteiger partial charge in [-0.1, -0.05) is 25.8 Å². The van der Waals surface area contributed by atoms with Crippen LogP contribution in [0.3, 0.4) is 0 Å².